The van der Waals surface area contributed by atoms with Gasteiger partial charge in [-0.25, -0.2) is 4.98 Å². The first-order valence-electron chi connectivity index (χ1n) is 1.85. The Hall–Kier alpha value is -0.350. The van der Waals surface area contributed by atoms with Crippen molar-refractivity contribution in [2.45, 2.75) is 6.92 Å². The SMILES string of the molecule is Cc1nsc(N)n1.Cl. The van der Waals surface area contributed by atoms with Crippen LogP contribution in [0.3, 0.4) is 0 Å². The molecule has 1 heterocycles. The van der Waals surface area contributed by atoms with Crippen molar-refractivity contribution in [3.05, 3.63) is 5.82 Å². The van der Waals surface area contributed by atoms with Crippen LogP contribution in [0.25, 0.3) is 0 Å². The summed E-state index contributed by atoms with van der Waals surface area (Å²) in [6.45, 7) is 1.81. The number of aryl methyl sites for hydroxylation is 1. The molecule has 0 spiro atoms. The molecule has 8 heavy (non-hydrogen) atoms. The Morgan fingerprint density at radius 2 is 2.25 bits per heavy atom. The molecule has 0 fully saturated rings. The Bertz CT molecular complexity index is 147. The molecule has 0 amide bonds. The highest BCUT2D eigenvalue weighted by Gasteiger charge is 1.88. The van der Waals surface area contributed by atoms with E-state index >= 15 is 0 Å². The zero-order valence-corrected chi connectivity index (χ0v) is 5.92. The predicted octanol–water partition coefficient (Wildman–Crippen LogP) is 0.851. The molecule has 0 aliphatic heterocycles. The van der Waals surface area contributed by atoms with Gasteiger partial charge in [0.1, 0.15) is 5.82 Å². The zero-order chi connectivity index (χ0) is 5.28. The van der Waals surface area contributed by atoms with Crippen molar-refractivity contribution in [2.24, 2.45) is 0 Å². The van der Waals surface area contributed by atoms with E-state index in [0.717, 1.165) is 5.82 Å². The molecule has 1 aromatic rings. The van der Waals surface area contributed by atoms with Gasteiger partial charge in [0.15, 0.2) is 5.13 Å². The third-order valence-electron chi connectivity index (χ3n) is 0.543. The predicted molar refractivity (Wildman–Crippen MR) is 36.3 cm³/mol. The standard InChI is InChI=1S/C3H5N3S.ClH/c1-2-5-3(4)7-6-2;/h1H3,(H2,4,5,6);1H. The van der Waals surface area contributed by atoms with Crippen molar-refractivity contribution in [1.82, 2.24) is 9.36 Å². The van der Waals surface area contributed by atoms with Crippen molar-refractivity contribution in [1.29, 1.82) is 0 Å². The largest absolute Gasteiger partial charge is 0.374 e. The second kappa shape index (κ2) is 2.84. The molecule has 0 unspecified atom stereocenters. The van der Waals surface area contributed by atoms with Gasteiger partial charge in [0, 0.05) is 11.5 Å². The van der Waals surface area contributed by atoms with E-state index in [2.05, 4.69) is 9.36 Å². The van der Waals surface area contributed by atoms with Crippen LogP contribution in [0.4, 0.5) is 5.13 Å². The topological polar surface area (TPSA) is 51.8 Å². The normalized spacial score (nSPS) is 8.12. The van der Waals surface area contributed by atoms with Crippen molar-refractivity contribution < 1.29 is 0 Å². The van der Waals surface area contributed by atoms with E-state index in [0.29, 0.717) is 5.13 Å². The Morgan fingerprint density at radius 1 is 1.62 bits per heavy atom. The van der Waals surface area contributed by atoms with Gasteiger partial charge in [0.05, 0.1) is 0 Å². The lowest BCUT2D eigenvalue weighted by atomic mass is 10.8. The average Bonchev–Trinajstić information content (AvgIpc) is 1.87. The number of aromatic nitrogens is 2. The summed E-state index contributed by atoms with van der Waals surface area (Å²) < 4.78 is 3.82. The van der Waals surface area contributed by atoms with E-state index in [4.69, 9.17) is 5.73 Å². The first-order valence-corrected chi connectivity index (χ1v) is 2.62. The summed E-state index contributed by atoms with van der Waals surface area (Å²) in [5.74, 6) is 0.752. The maximum Gasteiger partial charge on any atom is 0.199 e. The minimum atomic E-state index is 0. The summed E-state index contributed by atoms with van der Waals surface area (Å²) in [6.07, 6.45) is 0. The van der Waals surface area contributed by atoms with Gasteiger partial charge in [0.2, 0.25) is 0 Å². The van der Waals surface area contributed by atoms with Crippen LogP contribution in [0.2, 0.25) is 0 Å². The lowest BCUT2D eigenvalue weighted by Crippen LogP contribution is -1.80. The van der Waals surface area contributed by atoms with Crippen molar-refractivity contribution in [3.63, 3.8) is 0 Å². The molecule has 5 heteroatoms. The molecular weight excluding hydrogens is 146 g/mol. The van der Waals surface area contributed by atoms with E-state index in [1.165, 1.54) is 11.5 Å². The first kappa shape index (κ1) is 7.65. The molecule has 0 aliphatic rings. The molecule has 0 saturated heterocycles. The van der Waals surface area contributed by atoms with E-state index in [1.54, 1.807) is 0 Å². The fourth-order valence-electron chi connectivity index (χ4n) is 0.313. The average molecular weight is 152 g/mol. The van der Waals surface area contributed by atoms with Crippen molar-refractivity contribution in [3.8, 4) is 0 Å². The van der Waals surface area contributed by atoms with Gasteiger partial charge < -0.3 is 5.73 Å². The number of rotatable bonds is 0. The summed E-state index contributed by atoms with van der Waals surface area (Å²) in [4.78, 5) is 3.80. The zero-order valence-electron chi connectivity index (χ0n) is 4.29. The Kier molecular flexibility index (Phi) is 2.71. The van der Waals surface area contributed by atoms with Crippen molar-refractivity contribution >= 4 is 29.1 Å². The molecule has 46 valence electrons. The van der Waals surface area contributed by atoms with Gasteiger partial charge in [-0.3, -0.25) is 0 Å². The molecule has 1 rings (SSSR count). The fraction of sp³-hybridized carbons (Fsp3) is 0.333. The molecular formula is C3H6ClN3S. The van der Waals surface area contributed by atoms with Crippen LogP contribution < -0.4 is 5.73 Å². The molecule has 0 atom stereocenters. The summed E-state index contributed by atoms with van der Waals surface area (Å²) in [5.41, 5.74) is 5.22. The van der Waals surface area contributed by atoms with Crippen LogP contribution in [0, 0.1) is 6.92 Å². The number of halogens is 1. The highest BCUT2D eigenvalue weighted by Crippen LogP contribution is 2.02. The van der Waals surface area contributed by atoms with Gasteiger partial charge in [-0.05, 0) is 6.92 Å². The lowest BCUT2D eigenvalue weighted by molar-refractivity contribution is 1.17. The van der Waals surface area contributed by atoms with Crippen LogP contribution in [0.5, 0.6) is 0 Å². The summed E-state index contributed by atoms with van der Waals surface area (Å²) >= 11 is 1.22. The maximum absolute atomic E-state index is 5.22. The Balaban J connectivity index is 0.000000490. The highest BCUT2D eigenvalue weighted by molar-refractivity contribution is 7.09. The molecule has 0 bridgehead atoms. The third-order valence-corrected chi connectivity index (χ3v) is 1.18. The van der Waals surface area contributed by atoms with E-state index in [9.17, 15) is 0 Å². The second-order valence-corrected chi connectivity index (χ2v) is 1.96. The number of anilines is 1. The van der Waals surface area contributed by atoms with Crippen molar-refractivity contribution in [2.75, 3.05) is 5.73 Å². The monoisotopic (exact) mass is 151 g/mol. The van der Waals surface area contributed by atoms with Crippen LogP contribution in [0.15, 0.2) is 0 Å². The molecule has 2 N–H and O–H groups in total. The maximum atomic E-state index is 5.22. The molecule has 0 aliphatic carbocycles. The van der Waals surface area contributed by atoms with Crippen LogP contribution in [-0.2, 0) is 0 Å². The number of nitrogens with two attached hydrogens (primary N) is 1. The number of hydrogen-bond donors (Lipinski definition) is 1. The molecule has 0 aromatic carbocycles. The van der Waals surface area contributed by atoms with Crippen LogP contribution in [0.1, 0.15) is 5.82 Å². The van der Waals surface area contributed by atoms with E-state index in [-0.39, 0.29) is 12.4 Å². The van der Waals surface area contributed by atoms with Gasteiger partial charge >= 0.3 is 0 Å². The van der Waals surface area contributed by atoms with Gasteiger partial charge in [-0.15, -0.1) is 12.4 Å². The van der Waals surface area contributed by atoms with Crippen LogP contribution >= 0.6 is 23.9 Å². The molecule has 0 saturated carbocycles. The molecule has 1 aromatic heterocycles. The third kappa shape index (κ3) is 1.63. The number of nitrogens with zero attached hydrogens (tertiary/aromatic N) is 2. The molecule has 0 radical (unpaired) electrons. The van der Waals surface area contributed by atoms with Gasteiger partial charge in [0.25, 0.3) is 0 Å². The smallest absolute Gasteiger partial charge is 0.199 e. The Labute approximate surface area is 57.5 Å². The fourth-order valence-corrected chi connectivity index (χ4v) is 0.753. The summed E-state index contributed by atoms with van der Waals surface area (Å²) in [5, 5.41) is 0.539. The first-order chi connectivity index (χ1) is 3.29. The number of nitrogen functional groups attached to an aromatic ring is 1. The second-order valence-electron chi connectivity index (χ2n) is 1.18. The van der Waals surface area contributed by atoms with Gasteiger partial charge in [-0.1, -0.05) is 0 Å². The lowest BCUT2D eigenvalue weighted by Gasteiger charge is -1.68. The molecule has 3 nitrogen and oxygen atoms in total. The number of hydrogen-bond acceptors (Lipinski definition) is 4. The van der Waals surface area contributed by atoms with Crippen LogP contribution in [-0.4, -0.2) is 9.36 Å². The quantitative estimate of drug-likeness (QED) is 0.598. The summed E-state index contributed by atoms with van der Waals surface area (Å²) in [6, 6.07) is 0. The Morgan fingerprint density at radius 3 is 2.38 bits per heavy atom. The van der Waals surface area contributed by atoms with E-state index in [1.807, 2.05) is 6.92 Å². The van der Waals surface area contributed by atoms with E-state index < -0.39 is 0 Å². The minimum absolute atomic E-state index is 0. The van der Waals surface area contributed by atoms with Gasteiger partial charge in [-0.2, -0.15) is 4.37 Å². The highest BCUT2D eigenvalue weighted by atomic mass is 35.5. The minimum Gasteiger partial charge on any atom is -0.374 e. The summed E-state index contributed by atoms with van der Waals surface area (Å²) in [7, 11) is 0.